The molecule has 0 radical (unpaired) electrons. The van der Waals surface area contributed by atoms with Gasteiger partial charge in [0.2, 0.25) is 0 Å². The molecule has 0 aliphatic heterocycles. The van der Waals surface area contributed by atoms with E-state index in [1.807, 2.05) is 6.92 Å². The number of carbonyl (C=O) groups excluding carboxylic acids is 1. The van der Waals surface area contributed by atoms with Crippen molar-refractivity contribution >= 4 is 21.8 Å². The largest absolute Gasteiger partial charge is 0.352 e. The van der Waals surface area contributed by atoms with Crippen LogP contribution in [0.3, 0.4) is 0 Å². The summed E-state index contributed by atoms with van der Waals surface area (Å²) >= 11 is 3.55. The van der Waals surface area contributed by atoms with Crippen LogP contribution in [0.5, 0.6) is 0 Å². The topological polar surface area (TPSA) is 29.1 Å². The summed E-state index contributed by atoms with van der Waals surface area (Å²) < 4.78 is 13.7. The molecule has 1 aliphatic carbocycles. The van der Waals surface area contributed by atoms with Gasteiger partial charge in [0.15, 0.2) is 0 Å². The van der Waals surface area contributed by atoms with Crippen molar-refractivity contribution in [2.24, 2.45) is 11.8 Å². The molecule has 1 amide bonds. The van der Waals surface area contributed by atoms with E-state index < -0.39 is 5.82 Å². The molecule has 0 aromatic heterocycles. The molecule has 0 heterocycles. The van der Waals surface area contributed by atoms with Crippen molar-refractivity contribution in [2.75, 3.05) is 11.9 Å². The van der Waals surface area contributed by atoms with Crippen molar-refractivity contribution in [3.05, 3.63) is 35.1 Å². The third-order valence-corrected chi connectivity index (χ3v) is 4.99. The Labute approximate surface area is 128 Å². The van der Waals surface area contributed by atoms with Gasteiger partial charge in [-0.15, -0.1) is 0 Å². The molecule has 110 valence electrons. The molecule has 20 heavy (non-hydrogen) atoms. The Morgan fingerprint density at radius 1 is 1.35 bits per heavy atom. The standard InChI is InChI=1S/C16H21BrFNO/c1-11-6-7-15(18)14(8-11)16(20)19-10-13-5-3-2-4-12(13)9-17/h6-8,12-13H,2-5,9-10H2,1H3,(H,19,20). The molecule has 1 aliphatic rings. The van der Waals surface area contributed by atoms with Crippen molar-refractivity contribution in [3.8, 4) is 0 Å². The van der Waals surface area contributed by atoms with Crippen LogP contribution in [0.4, 0.5) is 4.39 Å². The molecule has 2 atom stereocenters. The van der Waals surface area contributed by atoms with Crippen LogP contribution in [0.2, 0.25) is 0 Å². The average molecular weight is 342 g/mol. The van der Waals surface area contributed by atoms with E-state index in [0.29, 0.717) is 18.4 Å². The summed E-state index contributed by atoms with van der Waals surface area (Å²) in [4.78, 5) is 12.1. The van der Waals surface area contributed by atoms with E-state index in [-0.39, 0.29) is 11.5 Å². The average Bonchev–Trinajstić information content (AvgIpc) is 2.47. The van der Waals surface area contributed by atoms with E-state index in [4.69, 9.17) is 0 Å². The number of hydrogen-bond acceptors (Lipinski definition) is 1. The number of rotatable bonds is 4. The predicted molar refractivity (Wildman–Crippen MR) is 82.7 cm³/mol. The third-order valence-electron chi connectivity index (χ3n) is 4.16. The van der Waals surface area contributed by atoms with Crippen LogP contribution in [0, 0.1) is 24.6 Å². The Balaban J connectivity index is 1.96. The van der Waals surface area contributed by atoms with Gasteiger partial charge in [-0.25, -0.2) is 4.39 Å². The summed E-state index contributed by atoms with van der Waals surface area (Å²) in [6, 6.07) is 4.63. The van der Waals surface area contributed by atoms with Gasteiger partial charge in [0.25, 0.3) is 5.91 Å². The summed E-state index contributed by atoms with van der Waals surface area (Å²) in [5.74, 6) is 0.366. The zero-order valence-corrected chi connectivity index (χ0v) is 13.4. The minimum Gasteiger partial charge on any atom is -0.352 e. The van der Waals surface area contributed by atoms with Gasteiger partial charge in [0, 0.05) is 11.9 Å². The Hall–Kier alpha value is -0.900. The summed E-state index contributed by atoms with van der Waals surface area (Å²) in [5, 5.41) is 3.88. The van der Waals surface area contributed by atoms with E-state index >= 15 is 0 Å². The molecular formula is C16H21BrFNO. The molecule has 2 nitrogen and oxygen atoms in total. The fourth-order valence-electron chi connectivity index (χ4n) is 2.89. The first-order chi connectivity index (χ1) is 9.61. The van der Waals surface area contributed by atoms with Crippen molar-refractivity contribution in [3.63, 3.8) is 0 Å². The van der Waals surface area contributed by atoms with E-state index in [9.17, 15) is 9.18 Å². The molecule has 1 fully saturated rings. The molecule has 1 saturated carbocycles. The fourth-order valence-corrected chi connectivity index (χ4v) is 3.74. The van der Waals surface area contributed by atoms with E-state index in [1.165, 1.54) is 25.3 Å². The minimum atomic E-state index is -0.450. The first-order valence-corrected chi connectivity index (χ1v) is 8.34. The lowest BCUT2D eigenvalue weighted by Gasteiger charge is -2.30. The molecular weight excluding hydrogens is 321 g/mol. The van der Waals surface area contributed by atoms with Crippen LogP contribution < -0.4 is 5.32 Å². The minimum absolute atomic E-state index is 0.149. The van der Waals surface area contributed by atoms with Crippen LogP contribution in [0.1, 0.15) is 41.6 Å². The smallest absolute Gasteiger partial charge is 0.254 e. The summed E-state index contributed by atoms with van der Waals surface area (Å²) in [7, 11) is 0. The molecule has 0 spiro atoms. The maximum atomic E-state index is 13.7. The van der Waals surface area contributed by atoms with Crippen LogP contribution in [-0.2, 0) is 0 Å². The zero-order valence-electron chi connectivity index (χ0n) is 11.8. The molecule has 2 rings (SSSR count). The molecule has 1 aromatic carbocycles. The van der Waals surface area contributed by atoms with Gasteiger partial charge in [-0.3, -0.25) is 4.79 Å². The van der Waals surface area contributed by atoms with Crippen LogP contribution in [-0.4, -0.2) is 17.8 Å². The maximum Gasteiger partial charge on any atom is 0.254 e. The lowest BCUT2D eigenvalue weighted by molar-refractivity contribution is 0.0933. The molecule has 1 N–H and O–H groups in total. The van der Waals surface area contributed by atoms with Crippen LogP contribution in [0.15, 0.2) is 18.2 Å². The van der Waals surface area contributed by atoms with Gasteiger partial charge in [-0.2, -0.15) is 0 Å². The Kier molecular flexibility index (Phi) is 5.58. The zero-order chi connectivity index (χ0) is 14.5. The van der Waals surface area contributed by atoms with Gasteiger partial charge < -0.3 is 5.32 Å². The van der Waals surface area contributed by atoms with Crippen molar-refractivity contribution in [1.82, 2.24) is 5.32 Å². The number of benzene rings is 1. The number of halogens is 2. The number of carbonyl (C=O) groups is 1. The Bertz CT molecular complexity index is 478. The molecule has 0 saturated heterocycles. The highest BCUT2D eigenvalue weighted by Crippen LogP contribution is 2.30. The summed E-state index contributed by atoms with van der Waals surface area (Å²) in [6.07, 6.45) is 4.85. The van der Waals surface area contributed by atoms with Gasteiger partial charge in [-0.1, -0.05) is 40.4 Å². The molecule has 4 heteroatoms. The number of hydrogen-bond donors (Lipinski definition) is 1. The monoisotopic (exact) mass is 341 g/mol. The predicted octanol–water partition coefficient (Wildman–Crippen LogP) is 4.07. The maximum absolute atomic E-state index is 13.7. The SMILES string of the molecule is Cc1ccc(F)c(C(=O)NCC2CCCCC2CBr)c1. The third kappa shape index (κ3) is 3.81. The summed E-state index contributed by atoms with van der Waals surface area (Å²) in [6.45, 7) is 2.50. The fraction of sp³-hybridized carbons (Fsp3) is 0.562. The van der Waals surface area contributed by atoms with Crippen LogP contribution in [0.25, 0.3) is 0 Å². The van der Waals surface area contributed by atoms with Gasteiger partial charge >= 0.3 is 0 Å². The molecule has 1 aromatic rings. The highest BCUT2D eigenvalue weighted by Gasteiger charge is 2.24. The number of alkyl halides is 1. The van der Waals surface area contributed by atoms with Crippen molar-refractivity contribution < 1.29 is 9.18 Å². The lowest BCUT2D eigenvalue weighted by Crippen LogP contribution is -2.35. The second-order valence-electron chi connectivity index (χ2n) is 5.65. The highest BCUT2D eigenvalue weighted by atomic mass is 79.9. The Morgan fingerprint density at radius 3 is 2.75 bits per heavy atom. The lowest BCUT2D eigenvalue weighted by atomic mass is 9.80. The second kappa shape index (κ2) is 7.21. The first-order valence-electron chi connectivity index (χ1n) is 7.22. The molecule has 2 unspecified atom stereocenters. The van der Waals surface area contributed by atoms with Gasteiger partial charge in [-0.05, 0) is 43.7 Å². The number of amides is 1. The number of aryl methyl sites for hydroxylation is 1. The van der Waals surface area contributed by atoms with Crippen molar-refractivity contribution in [2.45, 2.75) is 32.6 Å². The second-order valence-corrected chi connectivity index (χ2v) is 6.30. The van der Waals surface area contributed by atoms with E-state index in [1.54, 1.807) is 12.1 Å². The summed E-state index contributed by atoms with van der Waals surface area (Å²) in [5.41, 5.74) is 1.05. The van der Waals surface area contributed by atoms with Crippen molar-refractivity contribution in [1.29, 1.82) is 0 Å². The van der Waals surface area contributed by atoms with E-state index in [0.717, 1.165) is 17.3 Å². The van der Waals surface area contributed by atoms with Crippen LogP contribution >= 0.6 is 15.9 Å². The molecule has 0 bridgehead atoms. The normalized spacial score (nSPS) is 22.6. The Morgan fingerprint density at radius 2 is 2.05 bits per heavy atom. The first kappa shape index (κ1) is 15.5. The van der Waals surface area contributed by atoms with E-state index in [2.05, 4.69) is 21.2 Å². The quantitative estimate of drug-likeness (QED) is 0.822. The number of nitrogens with one attached hydrogen (secondary N) is 1. The highest BCUT2D eigenvalue weighted by molar-refractivity contribution is 9.09. The van der Waals surface area contributed by atoms with Gasteiger partial charge in [0.1, 0.15) is 5.82 Å². The van der Waals surface area contributed by atoms with Gasteiger partial charge in [0.05, 0.1) is 5.56 Å².